The van der Waals surface area contributed by atoms with E-state index in [1.165, 1.54) is 0 Å². The summed E-state index contributed by atoms with van der Waals surface area (Å²) in [7, 11) is 3.85. The SMILES string of the molecule is Cc1ccc(C)c(NC(=O)CN(C)Cc2cn(C)nc2C)c1. The van der Waals surface area contributed by atoms with Crippen LogP contribution < -0.4 is 5.32 Å². The van der Waals surface area contributed by atoms with Crippen molar-refractivity contribution in [3.8, 4) is 0 Å². The number of anilines is 1. The van der Waals surface area contributed by atoms with Crippen LogP contribution in [0.15, 0.2) is 24.4 Å². The maximum atomic E-state index is 12.2. The molecule has 1 aromatic heterocycles. The standard InChI is InChI=1S/C17H24N4O/c1-12-6-7-13(2)16(8-12)18-17(22)11-20(4)9-15-10-21(5)19-14(15)3/h6-8,10H,9,11H2,1-5H3,(H,18,22). The van der Waals surface area contributed by atoms with Crippen LogP contribution in [-0.2, 0) is 18.4 Å². The van der Waals surface area contributed by atoms with E-state index < -0.39 is 0 Å². The summed E-state index contributed by atoms with van der Waals surface area (Å²) in [4.78, 5) is 14.2. The molecule has 0 saturated carbocycles. The predicted octanol–water partition coefficient (Wildman–Crippen LogP) is 2.42. The first-order chi connectivity index (χ1) is 10.3. The minimum absolute atomic E-state index is 0.00209. The summed E-state index contributed by atoms with van der Waals surface area (Å²) < 4.78 is 1.80. The van der Waals surface area contributed by atoms with Crippen LogP contribution in [0, 0.1) is 20.8 Å². The van der Waals surface area contributed by atoms with E-state index in [1.54, 1.807) is 4.68 Å². The molecule has 5 nitrogen and oxygen atoms in total. The molecule has 0 radical (unpaired) electrons. The Morgan fingerprint density at radius 1 is 1.32 bits per heavy atom. The molecule has 0 saturated heterocycles. The number of carbonyl (C=O) groups excluding carboxylic acids is 1. The molecule has 1 aromatic carbocycles. The molecule has 22 heavy (non-hydrogen) atoms. The molecule has 0 fully saturated rings. The van der Waals surface area contributed by atoms with Crippen LogP contribution in [0.1, 0.15) is 22.4 Å². The zero-order valence-electron chi connectivity index (χ0n) is 14.0. The monoisotopic (exact) mass is 300 g/mol. The number of rotatable bonds is 5. The molecule has 0 unspecified atom stereocenters. The summed E-state index contributed by atoms with van der Waals surface area (Å²) in [5.74, 6) is -0.00209. The summed E-state index contributed by atoms with van der Waals surface area (Å²) in [5, 5.41) is 7.31. The van der Waals surface area contributed by atoms with Gasteiger partial charge in [0.1, 0.15) is 0 Å². The Kier molecular flexibility index (Phi) is 4.98. The summed E-state index contributed by atoms with van der Waals surface area (Å²) in [5.41, 5.74) is 5.25. The van der Waals surface area contributed by atoms with Crippen molar-refractivity contribution < 1.29 is 4.79 Å². The molecule has 2 aromatic rings. The lowest BCUT2D eigenvalue weighted by molar-refractivity contribution is -0.117. The number of aryl methyl sites for hydroxylation is 4. The molecule has 0 bridgehead atoms. The van der Waals surface area contributed by atoms with Gasteiger partial charge in [0.2, 0.25) is 5.91 Å². The topological polar surface area (TPSA) is 50.2 Å². The number of likely N-dealkylation sites (N-methyl/N-ethyl adjacent to an activating group) is 1. The van der Waals surface area contributed by atoms with Crippen molar-refractivity contribution in [3.63, 3.8) is 0 Å². The third-order valence-electron chi connectivity index (χ3n) is 3.64. The quantitative estimate of drug-likeness (QED) is 0.922. The van der Waals surface area contributed by atoms with Crippen LogP contribution in [0.5, 0.6) is 0 Å². The van der Waals surface area contributed by atoms with Crippen molar-refractivity contribution in [1.82, 2.24) is 14.7 Å². The number of hydrogen-bond donors (Lipinski definition) is 1. The molecular weight excluding hydrogens is 276 g/mol. The highest BCUT2D eigenvalue weighted by atomic mass is 16.2. The van der Waals surface area contributed by atoms with E-state index in [0.29, 0.717) is 13.1 Å². The van der Waals surface area contributed by atoms with E-state index in [2.05, 4.69) is 10.4 Å². The Morgan fingerprint density at radius 3 is 2.68 bits per heavy atom. The van der Waals surface area contributed by atoms with Crippen molar-refractivity contribution in [2.45, 2.75) is 27.3 Å². The van der Waals surface area contributed by atoms with Crippen LogP contribution >= 0.6 is 0 Å². The molecule has 1 N–H and O–H groups in total. The van der Waals surface area contributed by atoms with Gasteiger partial charge in [0.25, 0.3) is 0 Å². The number of benzene rings is 1. The average Bonchev–Trinajstić information content (AvgIpc) is 2.72. The first-order valence-corrected chi connectivity index (χ1v) is 7.40. The van der Waals surface area contributed by atoms with Gasteiger partial charge in [0.15, 0.2) is 0 Å². The summed E-state index contributed by atoms with van der Waals surface area (Å²) in [6.07, 6.45) is 1.99. The van der Waals surface area contributed by atoms with E-state index in [9.17, 15) is 4.79 Å². The molecule has 2 rings (SSSR count). The molecule has 1 heterocycles. The van der Waals surface area contributed by atoms with Crippen LogP contribution in [-0.4, -0.2) is 34.2 Å². The third kappa shape index (κ3) is 4.18. The molecule has 0 spiro atoms. The number of nitrogens with one attached hydrogen (secondary N) is 1. The van der Waals surface area contributed by atoms with Crippen LogP contribution in [0.2, 0.25) is 0 Å². The molecule has 1 amide bonds. The highest BCUT2D eigenvalue weighted by molar-refractivity contribution is 5.93. The fraction of sp³-hybridized carbons (Fsp3) is 0.412. The Morgan fingerprint density at radius 2 is 2.05 bits per heavy atom. The van der Waals surface area contributed by atoms with Crippen molar-refractivity contribution in [2.24, 2.45) is 7.05 Å². The summed E-state index contributed by atoms with van der Waals surface area (Å²) in [6.45, 7) is 7.06. The van der Waals surface area contributed by atoms with Gasteiger partial charge in [0.05, 0.1) is 12.2 Å². The fourth-order valence-electron chi connectivity index (χ4n) is 2.46. The highest BCUT2D eigenvalue weighted by Crippen LogP contribution is 2.16. The van der Waals surface area contributed by atoms with Crippen molar-refractivity contribution in [2.75, 3.05) is 18.9 Å². The average molecular weight is 300 g/mol. The van der Waals surface area contributed by atoms with E-state index in [4.69, 9.17) is 0 Å². The van der Waals surface area contributed by atoms with E-state index in [1.807, 2.05) is 64.2 Å². The predicted molar refractivity (Wildman–Crippen MR) is 88.8 cm³/mol. The van der Waals surface area contributed by atoms with Gasteiger partial charge in [-0.2, -0.15) is 5.10 Å². The molecule has 5 heteroatoms. The van der Waals surface area contributed by atoms with Crippen molar-refractivity contribution in [1.29, 1.82) is 0 Å². The first kappa shape index (κ1) is 16.2. The Hall–Kier alpha value is -2.14. The molecule has 0 aliphatic rings. The van der Waals surface area contributed by atoms with Gasteiger partial charge in [-0.25, -0.2) is 0 Å². The second-order valence-electron chi connectivity index (χ2n) is 5.95. The molecule has 0 aliphatic carbocycles. The van der Waals surface area contributed by atoms with E-state index >= 15 is 0 Å². The number of carbonyl (C=O) groups is 1. The van der Waals surface area contributed by atoms with Crippen molar-refractivity contribution in [3.05, 3.63) is 46.8 Å². The lowest BCUT2D eigenvalue weighted by Gasteiger charge is -2.16. The fourth-order valence-corrected chi connectivity index (χ4v) is 2.46. The second kappa shape index (κ2) is 6.75. The van der Waals surface area contributed by atoms with Crippen molar-refractivity contribution >= 4 is 11.6 Å². The van der Waals surface area contributed by atoms with Gasteiger partial charge < -0.3 is 5.32 Å². The first-order valence-electron chi connectivity index (χ1n) is 7.40. The third-order valence-corrected chi connectivity index (χ3v) is 3.64. The molecule has 118 valence electrons. The summed E-state index contributed by atoms with van der Waals surface area (Å²) >= 11 is 0. The molecular formula is C17H24N4O. The van der Waals surface area contributed by atoms with Gasteiger partial charge in [-0.3, -0.25) is 14.4 Å². The van der Waals surface area contributed by atoms with E-state index in [0.717, 1.165) is 28.1 Å². The van der Waals surface area contributed by atoms with Gasteiger partial charge in [-0.05, 0) is 45.0 Å². The van der Waals surface area contributed by atoms with Crippen LogP contribution in [0.3, 0.4) is 0 Å². The second-order valence-corrected chi connectivity index (χ2v) is 5.95. The maximum Gasteiger partial charge on any atom is 0.238 e. The Bertz CT molecular complexity index is 675. The van der Waals surface area contributed by atoms with Gasteiger partial charge in [-0.15, -0.1) is 0 Å². The van der Waals surface area contributed by atoms with Crippen LogP contribution in [0.25, 0.3) is 0 Å². The van der Waals surface area contributed by atoms with E-state index in [-0.39, 0.29) is 5.91 Å². The molecule has 0 aliphatic heterocycles. The van der Waals surface area contributed by atoms with Crippen LogP contribution in [0.4, 0.5) is 5.69 Å². The van der Waals surface area contributed by atoms with Gasteiger partial charge >= 0.3 is 0 Å². The zero-order chi connectivity index (χ0) is 16.3. The smallest absolute Gasteiger partial charge is 0.238 e. The number of nitrogens with zero attached hydrogens (tertiary/aromatic N) is 3. The number of hydrogen-bond acceptors (Lipinski definition) is 3. The Balaban J connectivity index is 1.94. The minimum atomic E-state index is -0.00209. The normalized spacial score (nSPS) is 11.0. The summed E-state index contributed by atoms with van der Waals surface area (Å²) in [6, 6.07) is 6.06. The number of aromatic nitrogens is 2. The number of amides is 1. The molecule has 0 atom stereocenters. The largest absolute Gasteiger partial charge is 0.325 e. The highest BCUT2D eigenvalue weighted by Gasteiger charge is 2.11. The lowest BCUT2D eigenvalue weighted by atomic mass is 10.1. The van der Waals surface area contributed by atoms with Gasteiger partial charge in [0, 0.05) is 31.0 Å². The minimum Gasteiger partial charge on any atom is -0.325 e. The lowest BCUT2D eigenvalue weighted by Crippen LogP contribution is -2.30. The Labute approximate surface area is 131 Å². The van der Waals surface area contributed by atoms with Gasteiger partial charge in [-0.1, -0.05) is 12.1 Å². The maximum absolute atomic E-state index is 12.2. The zero-order valence-corrected chi connectivity index (χ0v) is 14.0.